The van der Waals surface area contributed by atoms with Crippen molar-refractivity contribution in [3.8, 4) is 23.0 Å². The van der Waals surface area contributed by atoms with Gasteiger partial charge in [0, 0.05) is 19.6 Å². The number of benzene rings is 2. The van der Waals surface area contributed by atoms with Crippen LogP contribution in [-0.2, 0) is 4.79 Å². The third-order valence-corrected chi connectivity index (χ3v) is 4.74. The molecule has 198 valence electrons. The number of carbonyl (C=O) groups excluding carboxylic acids is 3. The molecule has 0 aliphatic heterocycles. The molecule has 2 aromatic rings. The normalized spacial score (nSPS) is 10.0. The first-order valence-corrected chi connectivity index (χ1v) is 11.4. The van der Waals surface area contributed by atoms with Crippen LogP contribution in [0.25, 0.3) is 0 Å². The van der Waals surface area contributed by atoms with Gasteiger partial charge in [0.15, 0.2) is 23.0 Å². The fourth-order valence-corrected chi connectivity index (χ4v) is 2.87. The van der Waals surface area contributed by atoms with Crippen molar-refractivity contribution >= 4 is 18.2 Å². The molecular weight excluding hydrogens is 472 g/mol. The minimum absolute atomic E-state index is 0.0153. The van der Waals surface area contributed by atoms with Gasteiger partial charge in [0.2, 0.25) is 6.41 Å². The van der Waals surface area contributed by atoms with Gasteiger partial charge in [-0.1, -0.05) is 12.1 Å². The maximum atomic E-state index is 11.8. The molecule has 12 heteroatoms. The Labute approximate surface area is 209 Å². The minimum atomic E-state index is -0.535. The van der Waals surface area contributed by atoms with Crippen molar-refractivity contribution in [3.05, 3.63) is 47.5 Å². The average molecular weight is 507 g/mol. The molecule has 2 aromatic carbocycles. The van der Waals surface area contributed by atoms with Crippen molar-refractivity contribution in [2.24, 2.45) is 0 Å². The van der Waals surface area contributed by atoms with Crippen LogP contribution < -0.4 is 21.3 Å². The van der Waals surface area contributed by atoms with Gasteiger partial charge in [0.25, 0.3) is 11.8 Å². The number of amides is 3. The van der Waals surface area contributed by atoms with Crippen LogP contribution in [0, 0.1) is 0 Å². The number of phenols is 4. The molecule has 0 aliphatic carbocycles. The summed E-state index contributed by atoms with van der Waals surface area (Å²) in [5.74, 6) is -2.45. The van der Waals surface area contributed by atoms with E-state index in [0.29, 0.717) is 19.5 Å². The fourth-order valence-electron chi connectivity index (χ4n) is 2.87. The predicted molar refractivity (Wildman–Crippen MR) is 132 cm³/mol. The lowest BCUT2D eigenvalue weighted by Crippen LogP contribution is -2.27. The highest BCUT2D eigenvalue weighted by atomic mass is 16.3. The van der Waals surface area contributed by atoms with E-state index in [1.54, 1.807) is 0 Å². The van der Waals surface area contributed by atoms with Crippen LogP contribution in [0.15, 0.2) is 36.4 Å². The van der Waals surface area contributed by atoms with Crippen molar-refractivity contribution in [1.82, 2.24) is 21.3 Å². The van der Waals surface area contributed by atoms with Gasteiger partial charge < -0.3 is 46.8 Å². The van der Waals surface area contributed by atoms with Gasteiger partial charge in [-0.05, 0) is 56.6 Å². The molecule has 0 aromatic heterocycles. The maximum absolute atomic E-state index is 11.8. The molecule has 9 N–H and O–H groups in total. The molecule has 36 heavy (non-hydrogen) atoms. The number of aliphatic hydroxyl groups is 1. The minimum Gasteiger partial charge on any atom is -0.504 e. The van der Waals surface area contributed by atoms with Crippen molar-refractivity contribution < 1.29 is 39.9 Å². The van der Waals surface area contributed by atoms with Crippen LogP contribution in [0.1, 0.15) is 40.0 Å². The smallest absolute Gasteiger partial charge is 0.255 e. The Morgan fingerprint density at radius 1 is 0.694 bits per heavy atom. The highest BCUT2D eigenvalue weighted by Gasteiger charge is 2.13. The van der Waals surface area contributed by atoms with E-state index < -0.39 is 23.3 Å². The van der Waals surface area contributed by atoms with E-state index in [9.17, 15) is 29.7 Å². The Balaban J connectivity index is 0.000000397. The maximum Gasteiger partial charge on any atom is 0.255 e. The third kappa shape index (κ3) is 10.9. The zero-order chi connectivity index (χ0) is 26.8. The monoisotopic (exact) mass is 506 g/mol. The fraction of sp³-hybridized carbons (Fsp3) is 0.375. The SMILES string of the molecule is O=C(NCCO)c1cccc(O)c1O.O=CNCCCCNCCCNC(=O)c1cccc(O)c1O. The number of phenolic OH excluding ortho intramolecular Hbond substituents is 4. The Hall–Kier alpha value is -4.03. The summed E-state index contributed by atoms with van der Waals surface area (Å²) in [7, 11) is 0. The summed E-state index contributed by atoms with van der Waals surface area (Å²) in [5.41, 5.74) is 0.0501. The Bertz CT molecular complexity index is 971. The summed E-state index contributed by atoms with van der Waals surface area (Å²) in [6, 6.07) is 8.38. The van der Waals surface area contributed by atoms with Crippen molar-refractivity contribution in [2.75, 3.05) is 39.3 Å². The molecule has 12 nitrogen and oxygen atoms in total. The molecular formula is C24H34N4O8. The molecule has 0 fully saturated rings. The quantitative estimate of drug-likeness (QED) is 0.0971. The number of hydrogen-bond donors (Lipinski definition) is 9. The van der Waals surface area contributed by atoms with Crippen molar-refractivity contribution in [1.29, 1.82) is 0 Å². The van der Waals surface area contributed by atoms with Gasteiger partial charge in [-0.25, -0.2) is 0 Å². The Morgan fingerprint density at radius 3 is 1.72 bits per heavy atom. The van der Waals surface area contributed by atoms with E-state index in [0.717, 1.165) is 32.4 Å². The lowest BCUT2D eigenvalue weighted by molar-refractivity contribution is -0.109. The molecule has 0 aliphatic rings. The van der Waals surface area contributed by atoms with E-state index in [1.165, 1.54) is 36.4 Å². The van der Waals surface area contributed by atoms with Crippen molar-refractivity contribution in [2.45, 2.75) is 19.3 Å². The summed E-state index contributed by atoms with van der Waals surface area (Å²) >= 11 is 0. The molecule has 3 amide bonds. The van der Waals surface area contributed by atoms with Gasteiger partial charge >= 0.3 is 0 Å². The molecule has 0 saturated carbocycles. The zero-order valence-electron chi connectivity index (χ0n) is 19.9. The largest absolute Gasteiger partial charge is 0.504 e. The number of carbonyl (C=O) groups is 3. The van der Waals surface area contributed by atoms with Crippen LogP contribution in [-0.4, -0.2) is 83.1 Å². The van der Waals surface area contributed by atoms with Crippen LogP contribution >= 0.6 is 0 Å². The summed E-state index contributed by atoms with van der Waals surface area (Å²) in [6.45, 7) is 2.73. The number of hydrogen-bond acceptors (Lipinski definition) is 9. The zero-order valence-corrected chi connectivity index (χ0v) is 19.9. The molecule has 0 unspecified atom stereocenters. The second kappa shape index (κ2) is 17.4. The van der Waals surface area contributed by atoms with E-state index in [2.05, 4.69) is 21.3 Å². The van der Waals surface area contributed by atoms with Crippen molar-refractivity contribution in [3.63, 3.8) is 0 Å². The lowest BCUT2D eigenvalue weighted by Gasteiger charge is -2.08. The van der Waals surface area contributed by atoms with E-state index in [-0.39, 0.29) is 35.8 Å². The average Bonchev–Trinajstić information content (AvgIpc) is 2.87. The number of unbranched alkanes of at least 4 members (excludes halogenated alkanes) is 1. The number of aromatic hydroxyl groups is 4. The standard InChI is InChI=1S/C15H23N3O4.C9H11NO4/c19-11-17-8-2-1-7-16-9-4-10-18-15(22)12-5-3-6-13(20)14(12)21;11-5-4-10-9(14)6-2-1-3-7(12)8(6)13/h3,5-6,11,16,20-21H,1-2,4,7-10H2,(H,17,19)(H,18,22);1-3,11-13H,4-5H2,(H,10,14). The summed E-state index contributed by atoms with van der Waals surface area (Å²) in [5, 5.41) is 56.6. The molecule has 0 atom stereocenters. The highest BCUT2D eigenvalue weighted by Crippen LogP contribution is 2.28. The van der Waals surface area contributed by atoms with Crippen LogP contribution in [0.2, 0.25) is 0 Å². The number of rotatable bonds is 14. The first-order chi connectivity index (χ1) is 17.3. The Kier molecular flexibility index (Phi) is 14.5. The van der Waals surface area contributed by atoms with Crippen LogP contribution in [0.3, 0.4) is 0 Å². The number of aliphatic hydroxyl groups excluding tert-OH is 1. The first-order valence-electron chi connectivity index (χ1n) is 11.4. The molecule has 0 radical (unpaired) electrons. The van der Waals surface area contributed by atoms with Crippen LogP contribution in [0.5, 0.6) is 23.0 Å². The topological polar surface area (TPSA) is 200 Å². The van der Waals surface area contributed by atoms with E-state index in [1.807, 2.05) is 0 Å². The van der Waals surface area contributed by atoms with Gasteiger partial charge in [0.05, 0.1) is 17.7 Å². The summed E-state index contributed by atoms with van der Waals surface area (Å²) < 4.78 is 0. The Morgan fingerprint density at radius 2 is 1.19 bits per heavy atom. The molecule has 0 saturated heterocycles. The van der Waals surface area contributed by atoms with Crippen LogP contribution in [0.4, 0.5) is 0 Å². The first kappa shape index (κ1) is 30.0. The second-order valence-electron chi connectivity index (χ2n) is 7.46. The molecule has 0 spiro atoms. The number of nitrogens with one attached hydrogen (secondary N) is 4. The second-order valence-corrected chi connectivity index (χ2v) is 7.46. The summed E-state index contributed by atoms with van der Waals surface area (Å²) in [4.78, 5) is 33.1. The number of para-hydroxylation sites is 2. The highest BCUT2D eigenvalue weighted by molar-refractivity contribution is 5.98. The van der Waals surface area contributed by atoms with E-state index >= 15 is 0 Å². The predicted octanol–water partition coefficient (Wildman–Crippen LogP) is 0.153. The molecule has 0 heterocycles. The van der Waals surface area contributed by atoms with Gasteiger partial charge in [-0.2, -0.15) is 0 Å². The molecule has 0 bridgehead atoms. The van der Waals surface area contributed by atoms with E-state index in [4.69, 9.17) is 10.2 Å². The van der Waals surface area contributed by atoms with Gasteiger partial charge in [0.1, 0.15) is 0 Å². The van der Waals surface area contributed by atoms with Gasteiger partial charge in [-0.3, -0.25) is 14.4 Å². The lowest BCUT2D eigenvalue weighted by atomic mass is 10.1. The molecule has 2 rings (SSSR count). The third-order valence-electron chi connectivity index (χ3n) is 4.74. The van der Waals surface area contributed by atoms with Gasteiger partial charge in [-0.15, -0.1) is 0 Å². The summed E-state index contributed by atoms with van der Waals surface area (Å²) in [6.07, 6.45) is 3.36.